The first-order valence-electron chi connectivity index (χ1n) is 7.12. The van der Waals surface area contributed by atoms with Crippen LogP contribution in [0.5, 0.6) is 5.75 Å². The summed E-state index contributed by atoms with van der Waals surface area (Å²) in [5.41, 5.74) is 0. The molecule has 0 aromatic heterocycles. The molecule has 2 aromatic carbocycles. The monoisotopic (exact) mass is 320 g/mol. The van der Waals surface area contributed by atoms with Crippen LogP contribution in [0.1, 0.15) is 6.92 Å². The third kappa shape index (κ3) is 4.58. The molecule has 0 heterocycles. The van der Waals surface area contributed by atoms with Crippen LogP contribution in [0.3, 0.4) is 0 Å². The van der Waals surface area contributed by atoms with E-state index in [-0.39, 0.29) is 18.1 Å². The van der Waals surface area contributed by atoms with Gasteiger partial charge in [0.15, 0.2) is 9.84 Å². The lowest BCUT2D eigenvalue weighted by Gasteiger charge is -2.13. The topological polar surface area (TPSA) is 63.6 Å². The van der Waals surface area contributed by atoms with Crippen molar-refractivity contribution in [3.8, 4) is 5.75 Å². The van der Waals surface area contributed by atoms with E-state index in [1.807, 2.05) is 42.5 Å². The Balaban J connectivity index is 2.00. The van der Waals surface area contributed by atoms with Crippen LogP contribution in [0.2, 0.25) is 0 Å². The summed E-state index contributed by atoms with van der Waals surface area (Å²) >= 11 is 0. The van der Waals surface area contributed by atoms with E-state index >= 15 is 0 Å². The van der Waals surface area contributed by atoms with Crippen molar-refractivity contribution in [2.24, 2.45) is 0 Å². The Morgan fingerprint density at radius 3 is 2.68 bits per heavy atom. The third-order valence-corrected chi connectivity index (χ3v) is 4.81. The van der Waals surface area contributed by atoms with Crippen LogP contribution in [0.4, 0.5) is 0 Å². The third-order valence-electron chi connectivity index (χ3n) is 3.21. The number of allylic oxidation sites excluding steroid dienone is 1. The molecule has 1 N–H and O–H groups in total. The molecule has 0 radical (unpaired) electrons. The lowest BCUT2D eigenvalue weighted by molar-refractivity contribution is 0.126. The van der Waals surface area contributed by atoms with Crippen molar-refractivity contribution in [3.05, 3.63) is 54.6 Å². The second-order valence-corrected chi connectivity index (χ2v) is 7.24. The first kappa shape index (κ1) is 16.5. The number of sulfone groups is 1. The van der Waals surface area contributed by atoms with Gasteiger partial charge in [-0.1, -0.05) is 48.6 Å². The highest BCUT2D eigenvalue weighted by Gasteiger charge is 2.17. The van der Waals surface area contributed by atoms with Crippen molar-refractivity contribution in [2.45, 2.75) is 13.0 Å². The minimum atomic E-state index is -3.31. The van der Waals surface area contributed by atoms with E-state index in [0.29, 0.717) is 5.75 Å². The van der Waals surface area contributed by atoms with Crippen molar-refractivity contribution >= 4 is 20.6 Å². The first-order valence-corrected chi connectivity index (χ1v) is 8.94. The molecule has 0 spiro atoms. The molecule has 0 bridgehead atoms. The van der Waals surface area contributed by atoms with Crippen LogP contribution in [-0.2, 0) is 9.84 Å². The smallest absolute Gasteiger partial charge is 0.156 e. The molecule has 0 aliphatic carbocycles. The van der Waals surface area contributed by atoms with Crippen molar-refractivity contribution in [1.29, 1.82) is 0 Å². The lowest BCUT2D eigenvalue weighted by atomic mass is 10.1. The van der Waals surface area contributed by atoms with Gasteiger partial charge in [0.1, 0.15) is 18.5 Å². The van der Waals surface area contributed by atoms with Gasteiger partial charge in [0.2, 0.25) is 0 Å². The SMILES string of the molecule is CC=CCS(=O)(=O)CC(O)COc1cccc2ccccc12. The highest BCUT2D eigenvalue weighted by atomic mass is 32.2. The molecule has 118 valence electrons. The predicted molar refractivity (Wildman–Crippen MR) is 88.9 cm³/mol. The molecule has 5 heteroatoms. The predicted octanol–water partition coefficient (Wildman–Crippen LogP) is 2.57. The fourth-order valence-electron chi connectivity index (χ4n) is 2.16. The Morgan fingerprint density at radius 2 is 1.91 bits per heavy atom. The Morgan fingerprint density at radius 1 is 1.18 bits per heavy atom. The van der Waals surface area contributed by atoms with Crippen molar-refractivity contribution in [3.63, 3.8) is 0 Å². The summed E-state index contributed by atoms with van der Waals surface area (Å²) in [7, 11) is -3.31. The largest absolute Gasteiger partial charge is 0.490 e. The minimum absolute atomic E-state index is 0.0525. The Labute approximate surface area is 131 Å². The van der Waals surface area contributed by atoms with Gasteiger partial charge in [-0.3, -0.25) is 0 Å². The summed E-state index contributed by atoms with van der Waals surface area (Å²) in [4.78, 5) is 0. The van der Waals surface area contributed by atoms with Gasteiger partial charge in [0.05, 0.1) is 11.5 Å². The molecular formula is C17H20O4S. The summed E-state index contributed by atoms with van der Waals surface area (Å²) in [6.07, 6.45) is 2.19. The van der Waals surface area contributed by atoms with E-state index in [9.17, 15) is 13.5 Å². The highest BCUT2D eigenvalue weighted by Crippen LogP contribution is 2.25. The van der Waals surface area contributed by atoms with Crippen molar-refractivity contribution in [2.75, 3.05) is 18.1 Å². The number of hydrogen-bond donors (Lipinski definition) is 1. The van der Waals surface area contributed by atoms with E-state index in [1.165, 1.54) is 0 Å². The van der Waals surface area contributed by atoms with Crippen LogP contribution < -0.4 is 4.74 Å². The standard InChI is InChI=1S/C17H20O4S/c1-2-3-11-22(19,20)13-15(18)12-21-17-10-6-8-14-7-4-5-9-16(14)17/h2-10,15,18H,11-13H2,1H3. The van der Waals surface area contributed by atoms with Gasteiger partial charge in [-0.15, -0.1) is 0 Å². The molecule has 1 unspecified atom stereocenters. The number of hydrogen-bond acceptors (Lipinski definition) is 4. The van der Waals surface area contributed by atoms with Crippen LogP contribution in [0.15, 0.2) is 54.6 Å². The quantitative estimate of drug-likeness (QED) is 0.797. The number of rotatable bonds is 7. The number of fused-ring (bicyclic) bond motifs is 1. The van der Waals surface area contributed by atoms with E-state index in [2.05, 4.69) is 0 Å². The minimum Gasteiger partial charge on any atom is -0.490 e. The molecule has 0 amide bonds. The zero-order valence-electron chi connectivity index (χ0n) is 12.5. The average Bonchev–Trinajstić information content (AvgIpc) is 2.50. The number of aliphatic hydroxyl groups is 1. The summed E-state index contributed by atoms with van der Waals surface area (Å²) in [5, 5.41) is 11.9. The second-order valence-electron chi connectivity index (χ2n) is 5.09. The maximum absolute atomic E-state index is 11.8. The van der Waals surface area contributed by atoms with Gasteiger partial charge in [0.25, 0.3) is 0 Å². The number of aliphatic hydroxyl groups excluding tert-OH is 1. The van der Waals surface area contributed by atoms with Crippen molar-refractivity contribution < 1.29 is 18.3 Å². The fourth-order valence-corrected chi connectivity index (χ4v) is 3.46. The molecular weight excluding hydrogens is 300 g/mol. The average molecular weight is 320 g/mol. The Kier molecular flexibility index (Phi) is 5.57. The molecule has 0 aliphatic rings. The number of benzene rings is 2. The molecule has 0 fully saturated rings. The van der Waals surface area contributed by atoms with E-state index in [0.717, 1.165) is 10.8 Å². The Bertz CT molecular complexity index is 745. The van der Waals surface area contributed by atoms with Gasteiger partial charge in [0, 0.05) is 5.39 Å². The molecule has 4 nitrogen and oxygen atoms in total. The molecule has 2 rings (SSSR count). The molecule has 0 saturated carbocycles. The fraction of sp³-hybridized carbons (Fsp3) is 0.294. The normalized spacial score (nSPS) is 13.5. The second kappa shape index (κ2) is 7.42. The van der Waals surface area contributed by atoms with Crippen LogP contribution >= 0.6 is 0 Å². The zero-order chi connectivity index (χ0) is 16.0. The van der Waals surface area contributed by atoms with Crippen LogP contribution in [-0.4, -0.2) is 37.7 Å². The molecule has 22 heavy (non-hydrogen) atoms. The summed E-state index contributed by atoms with van der Waals surface area (Å²) in [6.45, 7) is 1.71. The van der Waals surface area contributed by atoms with Crippen molar-refractivity contribution in [1.82, 2.24) is 0 Å². The Hall–Kier alpha value is -1.85. The van der Waals surface area contributed by atoms with Gasteiger partial charge < -0.3 is 9.84 Å². The van der Waals surface area contributed by atoms with Gasteiger partial charge in [-0.25, -0.2) is 8.42 Å². The lowest BCUT2D eigenvalue weighted by Crippen LogP contribution is -2.28. The molecule has 0 saturated heterocycles. The summed E-state index contributed by atoms with van der Waals surface area (Å²) < 4.78 is 29.1. The van der Waals surface area contributed by atoms with E-state index in [1.54, 1.807) is 19.1 Å². The maximum Gasteiger partial charge on any atom is 0.156 e. The molecule has 2 aromatic rings. The summed E-state index contributed by atoms with van der Waals surface area (Å²) in [5.74, 6) is 0.278. The highest BCUT2D eigenvalue weighted by molar-refractivity contribution is 7.91. The van der Waals surface area contributed by atoms with Gasteiger partial charge in [-0.05, 0) is 18.4 Å². The van der Waals surface area contributed by atoms with E-state index in [4.69, 9.17) is 4.74 Å². The van der Waals surface area contributed by atoms with Crippen LogP contribution in [0.25, 0.3) is 10.8 Å². The molecule has 0 aliphatic heterocycles. The number of ether oxygens (including phenoxy) is 1. The first-order chi connectivity index (χ1) is 10.5. The van der Waals surface area contributed by atoms with E-state index < -0.39 is 15.9 Å². The van der Waals surface area contributed by atoms with Gasteiger partial charge in [-0.2, -0.15) is 0 Å². The van der Waals surface area contributed by atoms with Crippen LogP contribution in [0, 0.1) is 0 Å². The zero-order valence-corrected chi connectivity index (χ0v) is 13.3. The maximum atomic E-state index is 11.8. The van der Waals surface area contributed by atoms with Gasteiger partial charge >= 0.3 is 0 Å². The summed E-state index contributed by atoms with van der Waals surface area (Å²) in [6, 6.07) is 13.4. The molecule has 1 atom stereocenters.